The van der Waals surface area contributed by atoms with Gasteiger partial charge in [-0.1, -0.05) is 0 Å². The topological polar surface area (TPSA) is 32.7 Å². The second kappa shape index (κ2) is 6.87. The van der Waals surface area contributed by atoms with E-state index in [1.807, 2.05) is 0 Å². The van der Waals surface area contributed by atoms with Crippen molar-refractivity contribution in [3.05, 3.63) is 29.6 Å². The maximum atomic E-state index is 13.6. The molecule has 0 aromatic heterocycles. The first-order chi connectivity index (χ1) is 9.16. The van der Waals surface area contributed by atoms with Gasteiger partial charge in [0.1, 0.15) is 11.6 Å². The van der Waals surface area contributed by atoms with Crippen molar-refractivity contribution in [3.8, 4) is 5.75 Å². The molecular formula is C15H22FNO2. The fourth-order valence-electron chi connectivity index (χ4n) is 2.42. The first-order valence-electron chi connectivity index (χ1n) is 6.99. The molecule has 0 amide bonds. The third-order valence-corrected chi connectivity index (χ3v) is 3.51. The van der Waals surface area contributed by atoms with Crippen molar-refractivity contribution < 1.29 is 14.2 Å². The van der Waals surface area contributed by atoms with Crippen LogP contribution >= 0.6 is 0 Å². The molecule has 106 valence electrons. The molecule has 1 aromatic carbocycles. The summed E-state index contributed by atoms with van der Waals surface area (Å²) in [6, 6.07) is 4.63. The molecule has 1 aliphatic rings. The van der Waals surface area contributed by atoms with Gasteiger partial charge in [-0.05, 0) is 51.4 Å². The Morgan fingerprint density at radius 1 is 1.37 bits per heavy atom. The predicted octanol–water partition coefficient (Wildman–Crippen LogP) is 2.74. The minimum Gasteiger partial charge on any atom is -0.493 e. The van der Waals surface area contributed by atoms with E-state index in [1.54, 1.807) is 19.1 Å². The van der Waals surface area contributed by atoms with Crippen molar-refractivity contribution in [2.45, 2.75) is 32.3 Å². The minimum atomic E-state index is -0.788. The normalized spacial score (nSPS) is 17.6. The average Bonchev–Trinajstić information content (AvgIpc) is 2.87. The van der Waals surface area contributed by atoms with Gasteiger partial charge in [0, 0.05) is 18.2 Å². The lowest BCUT2D eigenvalue weighted by Gasteiger charge is -2.14. The quantitative estimate of drug-likeness (QED) is 0.804. The Morgan fingerprint density at radius 2 is 2.11 bits per heavy atom. The Hall–Kier alpha value is -1.13. The molecular weight excluding hydrogens is 245 g/mol. The zero-order valence-electron chi connectivity index (χ0n) is 11.4. The number of halogens is 1. The Kier molecular flexibility index (Phi) is 5.16. The number of aliphatic hydroxyl groups is 1. The smallest absolute Gasteiger partial charge is 0.132 e. The summed E-state index contributed by atoms with van der Waals surface area (Å²) < 4.78 is 19.1. The highest BCUT2D eigenvalue weighted by molar-refractivity contribution is 5.29. The van der Waals surface area contributed by atoms with E-state index in [0.717, 1.165) is 13.0 Å². The summed E-state index contributed by atoms with van der Waals surface area (Å²) in [6.45, 7) is 5.59. The van der Waals surface area contributed by atoms with Gasteiger partial charge in [-0.25, -0.2) is 4.39 Å². The second-order valence-electron chi connectivity index (χ2n) is 5.11. The highest BCUT2D eigenvalue weighted by Crippen LogP contribution is 2.21. The minimum absolute atomic E-state index is 0.310. The molecule has 1 heterocycles. The third kappa shape index (κ3) is 4.18. The molecule has 0 aliphatic carbocycles. The number of ether oxygens (including phenoxy) is 1. The summed E-state index contributed by atoms with van der Waals surface area (Å²) in [7, 11) is 0. The largest absolute Gasteiger partial charge is 0.493 e. The highest BCUT2D eigenvalue weighted by Gasteiger charge is 2.11. The Morgan fingerprint density at radius 3 is 2.74 bits per heavy atom. The van der Waals surface area contributed by atoms with Gasteiger partial charge in [0.25, 0.3) is 0 Å². The lowest BCUT2D eigenvalue weighted by Crippen LogP contribution is -2.21. The summed E-state index contributed by atoms with van der Waals surface area (Å²) in [4.78, 5) is 2.43. The second-order valence-corrected chi connectivity index (χ2v) is 5.11. The molecule has 0 radical (unpaired) electrons. The molecule has 0 saturated carbocycles. The maximum absolute atomic E-state index is 13.6. The first-order valence-corrected chi connectivity index (χ1v) is 6.99. The van der Waals surface area contributed by atoms with E-state index < -0.39 is 11.9 Å². The Labute approximate surface area is 114 Å². The average molecular weight is 267 g/mol. The molecule has 0 unspecified atom stereocenters. The van der Waals surface area contributed by atoms with Crippen LogP contribution in [0.5, 0.6) is 5.75 Å². The summed E-state index contributed by atoms with van der Waals surface area (Å²) >= 11 is 0. The van der Waals surface area contributed by atoms with E-state index in [9.17, 15) is 9.50 Å². The molecule has 3 nitrogen and oxygen atoms in total. The van der Waals surface area contributed by atoms with E-state index in [2.05, 4.69) is 4.90 Å². The van der Waals surface area contributed by atoms with Crippen LogP contribution in [-0.4, -0.2) is 36.2 Å². The monoisotopic (exact) mass is 267 g/mol. The lowest BCUT2D eigenvalue weighted by molar-refractivity contribution is 0.193. The van der Waals surface area contributed by atoms with Crippen molar-refractivity contribution in [2.24, 2.45) is 0 Å². The number of hydrogen-bond donors (Lipinski definition) is 1. The van der Waals surface area contributed by atoms with E-state index in [4.69, 9.17) is 4.74 Å². The summed E-state index contributed by atoms with van der Waals surface area (Å²) in [6.07, 6.45) is 2.77. The SMILES string of the molecule is C[C@@H](O)c1ccc(OCCCN2CCCC2)cc1F. The molecule has 2 rings (SSSR count). The standard InChI is InChI=1S/C15H22FNO2/c1-12(18)14-6-5-13(11-15(14)16)19-10-4-9-17-7-2-3-8-17/h5-6,11-12,18H,2-4,7-10H2,1H3/t12-/m1/s1. The molecule has 1 aliphatic heterocycles. The van der Waals surface area contributed by atoms with Gasteiger partial charge in [0.2, 0.25) is 0 Å². The number of aliphatic hydroxyl groups excluding tert-OH is 1. The summed E-state index contributed by atoms with van der Waals surface area (Å²) in [5.41, 5.74) is 0.310. The molecule has 1 aromatic rings. The summed E-state index contributed by atoms with van der Waals surface area (Å²) in [5.74, 6) is 0.121. The highest BCUT2D eigenvalue weighted by atomic mass is 19.1. The van der Waals surface area contributed by atoms with Crippen LogP contribution < -0.4 is 4.74 Å². The van der Waals surface area contributed by atoms with Crippen LogP contribution in [0.1, 0.15) is 37.9 Å². The van der Waals surface area contributed by atoms with E-state index >= 15 is 0 Å². The molecule has 1 atom stereocenters. The molecule has 19 heavy (non-hydrogen) atoms. The molecule has 1 saturated heterocycles. The van der Waals surface area contributed by atoms with E-state index in [-0.39, 0.29) is 0 Å². The van der Waals surface area contributed by atoms with Gasteiger partial charge >= 0.3 is 0 Å². The van der Waals surface area contributed by atoms with Gasteiger partial charge < -0.3 is 14.7 Å². The van der Waals surface area contributed by atoms with Gasteiger partial charge in [0.05, 0.1) is 12.7 Å². The van der Waals surface area contributed by atoms with E-state index in [0.29, 0.717) is 17.9 Å². The summed E-state index contributed by atoms with van der Waals surface area (Å²) in [5, 5.41) is 9.34. The molecule has 0 bridgehead atoms. The first kappa shape index (κ1) is 14.3. The zero-order valence-corrected chi connectivity index (χ0v) is 11.4. The Balaban J connectivity index is 1.74. The van der Waals surface area contributed by atoms with Crippen molar-refractivity contribution in [2.75, 3.05) is 26.2 Å². The van der Waals surface area contributed by atoms with Crippen LogP contribution in [0, 0.1) is 5.82 Å². The van der Waals surface area contributed by atoms with Crippen molar-refractivity contribution in [1.82, 2.24) is 4.90 Å². The van der Waals surface area contributed by atoms with Crippen molar-refractivity contribution in [1.29, 1.82) is 0 Å². The Bertz CT molecular complexity index is 403. The molecule has 1 fully saturated rings. The van der Waals surface area contributed by atoms with Gasteiger partial charge in [-0.3, -0.25) is 0 Å². The zero-order chi connectivity index (χ0) is 13.7. The molecule has 1 N–H and O–H groups in total. The fourth-order valence-corrected chi connectivity index (χ4v) is 2.42. The number of rotatable bonds is 6. The van der Waals surface area contributed by atoms with Crippen LogP contribution in [0.4, 0.5) is 4.39 Å². The van der Waals surface area contributed by atoms with Crippen LogP contribution in [0.15, 0.2) is 18.2 Å². The molecule has 4 heteroatoms. The third-order valence-electron chi connectivity index (χ3n) is 3.51. The van der Waals surface area contributed by atoms with Gasteiger partial charge in [-0.2, -0.15) is 0 Å². The predicted molar refractivity (Wildman–Crippen MR) is 72.8 cm³/mol. The van der Waals surface area contributed by atoms with Crippen molar-refractivity contribution in [3.63, 3.8) is 0 Å². The lowest BCUT2D eigenvalue weighted by atomic mass is 10.1. The van der Waals surface area contributed by atoms with Crippen LogP contribution in [0.25, 0.3) is 0 Å². The van der Waals surface area contributed by atoms with Crippen LogP contribution in [0.3, 0.4) is 0 Å². The fraction of sp³-hybridized carbons (Fsp3) is 0.600. The number of nitrogens with zero attached hydrogens (tertiary/aromatic N) is 1. The van der Waals surface area contributed by atoms with Crippen molar-refractivity contribution >= 4 is 0 Å². The van der Waals surface area contributed by atoms with Gasteiger partial charge in [0.15, 0.2) is 0 Å². The maximum Gasteiger partial charge on any atom is 0.132 e. The van der Waals surface area contributed by atoms with Gasteiger partial charge in [-0.15, -0.1) is 0 Å². The number of benzene rings is 1. The number of hydrogen-bond acceptors (Lipinski definition) is 3. The number of likely N-dealkylation sites (tertiary alicyclic amines) is 1. The van der Waals surface area contributed by atoms with E-state index in [1.165, 1.54) is 32.0 Å². The van der Waals surface area contributed by atoms with Crippen LogP contribution in [0.2, 0.25) is 0 Å². The molecule has 0 spiro atoms. The van der Waals surface area contributed by atoms with Crippen LogP contribution in [-0.2, 0) is 0 Å².